The molecule has 1 aromatic rings. The molecule has 0 aliphatic heterocycles. The summed E-state index contributed by atoms with van der Waals surface area (Å²) in [4.78, 5) is 0. The number of nitrogens with one attached hydrogen (secondary N) is 1. The maximum atomic E-state index is 7.03. The van der Waals surface area contributed by atoms with Crippen LogP contribution in [0.2, 0.25) is 0 Å². The van der Waals surface area contributed by atoms with Crippen molar-refractivity contribution < 1.29 is 4.74 Å². The van der Waals surface area contributed by atoms with E-state index < -0.39 is 0 Å². The van der Waals surface area contributed by atoms with E-state index in [1.54, 1.807) is 0 Å². The molecular weight excluding hydrogens is 244 g/mol. The Balaban J connectivity index is 2.55. The highest BCUT2D eigenvalue weighted by atomic mass is 79.9. The van der Waals surface area contributed by atoms with E-state index in [4.69, 9.17) is 15.9 Å². The number of hydrogen-bond acceptors (Lipinski definition) is 2. The van der Waals surface area contributed by atoms with Crippen LogP contribution in [0.25, 0.3) is 0 Å². The molecule has 0 amide bonds. The molecule has 1 rings (SSSR count). The number of aryl methyl sites for hydroxylation is 1. The van der Waals surface area contributed by atoms with Crippen LogP contribution in [0.1, 0.15) is 12.0 Å². The van der Waals surface area contributed by atoms with E-state index in [-0.39, 0.29) is 5.84 Å². The van der Waals surface area contributed by atoms with Crippen LogP contribution in [0, 0.1) is 12.3 Å². The summed E-state index contributed by atoms with van der Waals surface area (Å²) in [6, 6.07) is 5.87. The lowest BCUT2D eigenvalue weighted by molar-refractivity contribution is 0.326. The van der Waals surface area contributed by atoms with Gasteiger partial charge < -0.3 is 10.5 Å². The Labute approximate surface area is 91.9 Å². The number of benzene rings is 1. The summed E-state index contributed by atoms with van der Waals surface area (Å²) in [6.07, 6.45) is 0.459. The molecule has 0 bridgehead atoms. The molecule has 3 N–H and O–H groups in total. The lowest BCUT2D eigenvalue weighted by atomic mass is 10.2. The fourth-order valence-corrected chi connectivity index (χ4v) is 1.60. The van der Waals surface area contributed by atoms with Crippen molar-refractivity contribution in [1.29, 1.82) is 5.41 Å². The van der Waals surface area contributed by atoms with Gasteiger partial charge in [-0.05, 0) is 40.5 Å². The minimum Gasteiger partial charge on any atom is -0.492 e. The Morgan fingerprint density at radius 1 is 1.57 bits per heavy atom. The van der Waals surface area contributed by atoms with Gasteiger partial charge in [0, 0.05) is 6.42 Å². The van der Waals surface area contributed by atoms with Gasteiger partial charge >= 0.3 is 0 Å². The lowest BCUT2D eigenvalue weighted by Crippen LogP contribution is -2.13. The van der Waals surface area contributed by atoms with Gasteiger partial charge in [-0.1, -0.05) is 6.07 Å². The van der Waals surface area contributed by atoms with E-state index >= 15 is 0 Å². The Hall–Kier alpha value is -1.03. The number of halogens is 1. The molecule has 1 aromatic carbocycles. The predicted octanol–water partition coefficient (Wildman–Crippen LogP) is 2.46. The largest absolute Gasteiger partial charge is 0.492 e. The zero-order chi connectivity index (χ0) is 10.6. The average molecular weight is 257 g/mol. The number of rotatable bonds is 4. The van der Waals surface area contributed by atoms with Crippen molar-refractivity contribution in [2.24, 2.45) is 5.73 Å². The van der Waals surface area contributed by atoms with Gasteiger partial charge in [-0.2, -0.15) is 0 Å². The van der Waals surface area contributed by atoms with E-state index in [1.165, 1.54) is 5.56 Å². The van der Waals surface area contributed by atoms with E-state index in [0.717, 1.165) is 10.2 Å². The second-order valence-electron chi connectivity index (χ2n) is 3.06. The fraction of sp³-hybridized carbons (Fsp3) is 0.300. The van der Waals surface area contributed by atoms with Crippen LogP contribution in [0.4, 0.5) is 0 Å². The van der Waals surface area contributed by atoms with Crippen molar-refractivity contribution in [3.8, 4) is 5.75 Å². The van der Waals surface area contributed by atoms with E-state index in [1.807, 2.05) is 25.1 Å². The first-order chi connectivity index (χ1) is 6.59. The quantitative estimate of drug-likeness (QED) is 0.643. The third-order valence-electron chi connectivity index (χ3n) is 1.72. The first kappa shape index (κ1) is 11.0. The Morgan fingerprint density at radius 2 is 2.29 bits per heavy atom. The van der Waals surface area contributed by atoms with Gasteiger partial charge in [0.1, 0.15) is 5.75 Å². The van der Waals surface area contributed by atoms with Crippen molar-refractivity contribution in [3.05, 3.63) is 28.2 Å². The average Bonchev–Trinajstić information content (AvgIpc) is 2.08. The molecule has 0 unspecified atom stereocenters. The number of hydrogen-bond donors (Lipinski definition) is 2. The second-order valence-corrected chi connectivity index (χ2v) is 3.91. The molecule has 0 spiro atoms. The van der Waals surface area contributed by atoms with Gasteiger partial charge in [-0.3, -0.25) is 5.41 Å². The standard InChI is InChI=1S/C10H13BrN2O/c1-7-2-3-9(8(11)6-7)14-5-4-10(12)13/h2-3,6H,4-5H2,1H3,(H3,12,13). The predicted molar refractivity (Wildman–Crippen MR) is 60.9 cm³/mol. The van der Waals surface area contributed by atoms with Crippen LogP contribution in [-0.2, 0) is 0 Å². The van der Waals surface area contributed by atoms with Gasteiger partial charge in [0.05, 0.1) is 16.9 Å². The Kier molecular flexibility index (Phi) is 3.95. The van der Waals surface area contributed by atoms with Crippen LogP contribution in [0.15, 0.2) is 22.7 Å². The molecule has 0 aliphatic carbocycles. The van der Waals surface area contributed by atoms with Crippen LogP contribution in [0.5, 0.6) is 5.75 Å². The molecule has 0 saturated carbocycles. The lowest BCUT2D eigenvalue weighted by Gasteiger charge is -2.07. The molecule has 0 atom stereocenters. The van der Waals surface area contributed by atoms with Crippen LogP contribution >= 0.6 is 15.9 Å². The third kappa shape index (κ3) is 3.38. The summed E-state index contributed by atoms with van der Waals surface area (Å²) in [6.45, 7) is 2.46. The van der Waals surface area contributed by atoms with Crippen LogP contribution in [0.3, 0.4) is 0 Å². The molecule has 3 nitrogen and oxygen atoms in total. The molecular formula is C10H13BrN2O. The highest BCUT2D eigenvalue weighted by Crippen LogP contribution is 2.25. The van der Waals surface area contributed by atoms with Crippen molar-refractivity contribution in [3.63, 3.8) is 0 Å². The third-order valence-corrected chi connectivity index (χ3v) is 2.34. The highest BCUT2D eigenvalue weighted by Gasteiger charge is 2.00. The first-order valence-electron chi connectivity index (χ1n) is 4.31. The van der Waals surface area contributed by atoms with Gasteiger partial charge in [0.25, 0.3) is 0 Å². The summed E-state index contributed by atoms with van der Waals surface area (Å²) in [5.41, 5.74) is 6.39. The zero-order valence-electron chi connectivity index (χ0n) is 8.01. The molecule has 0 fully saturated rings. The van der Waals surface area contributed by atoms with Gasteiger partial charge in [-0.15, -0.1) is 0 Å². The van der Waals surface area contributed by atoms with Crippen LogP contribution < -0.4 is 10.5 Å². The fourth-order valence-electron chi connectivity index (χ4n) is 0.994. The van der Waals surface area contributed by atoms with Gasteiger partial charge in [0.2, 0.25) is 0 Å². The van der Waals surface area contributed by atoms with Gasteiger partial charge in [0.15, 0.2) is 0 Å². The van der Waals surface area contributed by atoms with Crippen LogP contribution in [-0.4, -0.2) is 12.4 Å². The SMILES string of the molecule is Cc1ccc(OCCC(=N)N)c(Br)c1. The summed E-state index contributed by atoms with van der Waals surface area (Å²) < 4.78 is 6.37. The van der Waals surface area contributed by atoms with Gasteiger partial charge in [-0.25, -0.2) is 0 Å². The Bertz CT molecular complexity index is 339. The van der Waals surface area contributed by atoms with E-state index in [9.17, 15) is 0 Å². The highest BCUT2D eigenvalue weighted by molar-refractivity contribution is 9.10. The minimum absolute atomic E-state index is 0.147. The van der Waals surface area contributed by atoms with Crippen molar-refractivity contribution in [2.75, 3.05) is 6.61 Å². The summed E-state index contributed by atoms with van der Waals surface area (Å²) in [7, 11) is 0. The normalized spacial score (nSPS) is 9.86. The molecule has 4 heteroatoms. The molecule has 0 aromatic heterocycles. The minimum atomic E-state index is 0.147. The molecule has 0 aliphatic rings. The second kappa shape index (κ2) is 5.00. The number of ether oxygens (including phenoxy) is 1. The summed E-state index contributed by atoms with van der Waals surface area (Å²) >= 11 is 3.40. The number of amidine groups is 1. The zero-order valence-corrected chi connectivity index (χ0v) is 9.60. The summed E-state index contributed by atoms with van der Waals surface area (Å²) in [5.74, 6) is 0.935. The van der Waals surface area contributed by atoms with E-state index in [2.05, 4.69) is 15.9 Å². The number of nitrogens with two attached hydrogens (primary N) is 1. The molecule has 0 saturated heterocycles. The maximum absolute atomic E-state index is 7.03. The maximum Gasteiger partial charge on any atom is 0.133 e. The van der Waals surface area contributed by atoms with Crippen molar-refractivity contribution >= 4 is 21.8 Å². The smallest absolute Gasteiger partial charge is 0.133 e. The molecule has 14 heavy (non-hydrogen) atoms. The first-order valence-corrected chi connectivity index (χ1v) is 5.11. The van der Waals surface area contributed by atoms with Crippen molar-refractivity contribution in [2.45, 2.75) is 13.3 Å². The monoisotopic (exact) mass is 256 g/mol. The Morgan fingerprint density at radius 3 is 2.86 bits per heavy atom. The summed E-state index contributed by atoms with van der Waals surface area (Å²) in [5, 5.41) is 7.03. The van der Waals surface area contributed by atoms with Crippen molar-refractivity contribution in [1.82, 2.24) is 0 Å². The molecule has 76 valence electrons. The molecule has 0 heterocycles. The topological polar surface area (TPSA) is 59.1 Å². The van der Waals surface area contributed by atoms with E-state index in [0.29, 0.717) is 13.0 Å². The molecule has 0 radical (unpaired) electrons.